The lowest BCUT2D eigenvalue weighted by atomic mass is 9.71. The molecule has 1 heterocycles. The van der Waals surface area contributed by atoms with Crippen LogP contribution < -0.4 is 0 Å². The van der Waals surface area contributed by atoms with Crippen molar-refractivity contribution in [3.8, 4) is 0 Å². The van der Waals surface area contributed by atoms with Gasteiger partial charge in [-0.1, -0.05) is 57.8 Å². The van der Waals surface area contributed by atoms with Crippen LogP contribution in [0.2, 0.25) is 0 Å². The minimum absolute atomic E-state index is 0.311. The van der Waals surface area contributed by atoms with Crippen LogP contribution in [-0.2, 0) is 9.53 Å². The fourth-order valence-corrected chi connectivity index (χ4v) is 6.56. The van der Waals surface area contributed by atoms with Gasteiger partial charge in [0.05, 0.1) is 12.2 Å². The maximum atomic E-state index is 13.4. The van der Waals surface area contributed by atoms with Gasteiger partial charge in [0, 0.05) is 11.8 Å². The molecular formula is C24H40O2. The molecule has 4 rings (SSSR count). The van der Waals surface area contributed by atoms with Crippen LogP contribution in [0.5, 0.6) is 0 Å². The smallest absolute Gasteiger partial charge is 0.139 e. The lowest BCUT2D eigenvalue weighted by Gasteiger charge is -2.44. The van der Waals surface area contributed by atoms with E-state index in [9.17, 15) is 4.79 Å². The summed E-state index contributed by atoms with van der Waals surface area (Å²) in [5, 5.41) is 0. The van der Waals surface area contributed by atoms with Gasteiger partial charge in [0.2, 0.25) is 0 Å². The van der Waals surface area contributed by atoms with E-state index in [1.807, 2.05) is 0 Å². The average Bonchev–Trinajstić information content (AvgIpc) is 2.75. The van der Waals surface area contributed by atoms with Gasteiger partial charge in [-0.25, -0.2) is 0 Å². The topological polar surface area (TPSA) is 26.3 Å². The van der Waals surface area contributed by atoms with Crippen LogP contribution in [0, 0.1) is 23.7 Å². The number of ketones is 1. The molecule has 0 amide bonds. The van der Waals surface area contributed by atoms with Crippen molar-refractivity contribution in [1.29, 1.82) is 0 Å². The molecular weight excluding hydrogens is 320 g/mol. The van der Waals surface area contributed by atoms with Crippen LogP contribution in [-0.4, -0.2) is 18.0 Å². The van der Waals surface area contributed by atoms with Crippen LogP contribution in [0.15, 0.2) is 0 Å². The van der Waals surface area contributed by atoms with E-state index < -0.39 is 0 Å². The molecule has 4 aliphatic rings. The first kappa shape index (κ1) is 19.0. The maximum Gasteiger partial charge on any atom is 0.139 e. The molecule has 4 fully saturated rings. The van der Waals surface area contributed by atoms with Crippen molar-refractivity contribution < 1.29 is 9.53 Å². The highest BCUT2D eigenvalue weighted by Gasteiger charge is 2.41. The van der Waals surface area contributed by atoms with E-state index in [-0.39, 0.29) is 0 Å². The molecule has 2 nitrogen and oxygen atoms in total. The summed E-state index contributed by atoms with van der Waals surface area (Å²) in [7, 11) is 0. The summed E-state index contributed by atoms with van der Waals surface area (Å²) in [5.41, 5.74) is 0. The van der Waals surface area contributed by atoms with E-state index in [1.165, 1.54) is 96.3 Å². The third-order valence-electron chi connectivity index (χ3n) is 8.14. The predicted molar refractivity (Wildman–Crippen MR) is 106 cm³/mol. The first-order valence-electron chi connectivity index (χ1n) is 12.0. The van der Waals surface area contributed by atoms with Gasteiger partial charge in [-0.2, -0.15) is 0 Å². The van der Waals surface area contributed by atoms with Crippen LogP contribution >= 0.6 is 0 Å². The van der Waals surface area contributed by atoms with Gasteiger partial charge in [-0.3, -0.25) is 4.79 Å². The molecule has 2 unspecified atom stereocenters. The van der Waals surface area contributed by atoms with Crippen molar-refractivity contribution >= 4 is 5.78 Å². The number of hydrogen-bond acceptors (Lipinski definition) is 2. The van der Waals surface area contributed by atoms with E-state index >= 15 is 0 Å². The molecule has 0 spiro atoms. The van der Waals surface area contributed by atoms with Gasteiger partial charge in [-0.15, -0.1) is 0 Å². The predicted octanol–water partition coefficient (Wildman–Crippen LogP) is 6.46. The van der Waals surface area contributed by atoms with Crippen molar-refractivity contribution in [3.63, 3.8) is 0 Å². The van der Waals surface area contributed by atoms with Crippen LogP contribution in [0.3, 0.4) is 0 Å². The zero-order valence-corrected chi connectivity index (χ0v) is 16.8. The summed E-state index contributed by atoms with van der Waals surface area (Å²) >= 11 is 0. The minimum atomic E-state index is 0.311. The number of Topliss-reactive ketones (excluding diaryl/α,β-unsaturated/α-hetero) is 1. The molecule has 1 aliphatic heterocycles. The summed E-state index contributed by atoms with van der Waals surface area (Å²) in [4.78, 5) is 13.4. The van der Waals surface area contributed by atoms with Crippen molar-refractivity contribution in [2.75, 3.05) is 0 Å². The third-order valence-corrected chi connectivity index (χ3v) is 8.14. The zero-order valence-electron chi connectivity index (χ0n) is 16.8. The Hall–Kier alpha value is -0.370. The SMILES string of the molecule is O=C(C1CCCCC1)C1CC(C2CCCCC2)OC(C2CCCCC2)C1. The van der Waals surface area contributed by atoms with Crippen molar-refractivity contribution in [1.82, 2.24) is 0 Å². The monoisotopic (exact) mass is 360 g/mol. The quantitative estimate of drug-likeness (QED) is 0.575. The average molecular weight is 361 g/mol. The standard InChI is InChI=1S/C24H40O2/c25-24(20-14-8-3-9-15-20)21-16-22(18-10-4-1-5-11-18)26-23(17-21)19-12-6-2-7-13-19/h18-23H,1-17H2. The van der Waals surface area contributed by atoms with Crippen molar-refractivity contribution in [2.24, 2.45) is 23.7 Å². The minimum Gasteiger partial charge on any atom is -0.374 e. The Morgan fingerprint density at radius 3 is 1.42 bits per heavy atom. The highest BCUT2D eigenvalue weighted by molar-refractivity contribution is 5.83. The van der Waals surface area contributed by atoms with Crippen LogP contribution in [0.25, 0.3) is 0 Å². The van der Waals surface area contributed by atoms with E-state index in [0.717, 1.165) is 24.7 Å². The molecule has 3 aliphatic carbocycles. The molecule has 1 saturated heterocycles. The van der Waals surface area contributed by atoms with E-state index in [4.69, 9.17) is 4.74 Å². The molecule has 0 bridgehead atoms. The molecule has 3 saturated carbocycles. The van der Waals surface area contributed by atoms with Gasteiger partial charge in [0.1, 0.15) is 5.78 Å². The lowest BCUT2D eigenvalue weighted by molar-refractivity contribution is -0.150. The summed E-state index contributed by atoms with van der Waals surface area (Å²) < 4.78 is 6.78. The number of ether oxygens (including phenoxy) is 1. The summed E-state index contributed by atoms with van der Waals surface area (Å²) in [6, 6.07) is 0. The summed E-state index contributed by atoms with van der Waals surface area (Å²) in [5.74, 6) is 2.79. The molecule has 148 valence electrons. The zero-order chi connectivity index (χ0) is 17.8. The maximum absolute atomic E-state index is 13.4. The largest absolute Gasteiger partial charge is 0.374 e. The van der Waals surface area contributed by atoms with Gasteiger partial charge in [0.15, 0.2) is 0 Å². The van der Waals surface area contributed by atoms with Crippen molar-refractivity contribution in [3.05, 3.63) is 0 Å². The van der Waals surface area contributed by atoms with Gasteiger partial charge in [-0.05, 0) is 63.2 Å². The normalized spacial score (nSPS) is 36.1. The Morgan fingerprint density at radius 1 is 0.538 bits per heavy atom. The Labute approximate surface area is 160 Å². The molecule has 0 radical (unpaired) electrons. The van der Waals surface area contributed by atoms with Gasteiger partial charge < -0.3 is 4.74 Å². The summed E-state index contributed by atoms with van der Waals surface area (Å²) in [6.45, 7) is 0. The van der Waals surface area contributed by atoms with E-state index in [1.54, 1.807) is 0 Å². The van der Waals surface area contributed by atoms with Gasteiger partial charge in [0.25, 0.3) is 0 Å². The fourth-order valence-electron chi connectivity index (χ4n) is 6.56. The Kier molecular flexibility index (Phi) is 6.72. The molecule has 0 aromatic heterocycles. The van der Waals surface area contributed by atoms with E-state index in [2.05, 4.69) is 0 Å². The van der Waals surface area contributed by atoms with Crippen molar-refractivity contribution in [2.45, 2.75) is 121 Å². The second-order valence-corrected chi connectivity index (χ2v) is 9.91. The molecule has 26 heavy (non-hydrogen) atoms. The Morgan fingerprint density at radius 2 is 0.962 bits per heavy atom. The van der Waals surface area contributed by atoms with E-state index in [0.29, 0.717) is 29.8 Å². The molecule has 2 atom stereocenters. The second-order valence-electron chi connectivity index (χ2n) is 9.91. The first-order chi connectivity index (χ1) is 12.8. The van der Waals surface area contributed by atoms with Crippen LogP contribution in [0.1, 0.15) is 109 Å². The second kappa shape index (κ2) is 9.22. The number of rotatable bonds is 4. The Bertz CT molecular complexity index is 415. The molecule has 2 heteroatoms. The van der Waals surface area contributed by atoms with Gasteiger partial charge >= 0.3 is 0 Å². The molecule has 0 aromatic rings. The highest BCUT2D eigenvalue weighted by atomic mass is 16.5. The number of carbonyl (C=O) groups excluding carboxylic acids is 1. The highest BCUT2D eigenvalue weighted by Crippen LogP contribution is 2.42. The lowest BCUT2D eigenvalue weighted by Crippen LogP contribution is -2.45. The fraction of sp³-hybridized carbons (Fsp3) is 0.958. The first-order valence-corrected chi connectivity index (χ1v) is 12.0. The molecule has 0 aromatic carbocycles. The third kappa shape index (κ3) is 4.54. The van der Waals surface area contributed by atoms with Crippen LogP contribution in [0.4, 0.5) is 0 Å². The summed E-state index contributed by atoms with van der Waals surface area (Å²) in [6.07, 6.45) is 22.7. The molecule has 0 N–H and O–H groups in total. The number of hydrogen-bond donors (Lipinski definition) is 0. The number of carbonyl (C=O) groups is 1. The Balaban J connectivity index is 1.45.